The average molecular weight is 367 g/mol. The van der Waals surface area contributed by atoms with E-state index in [9.17, 15) is 4.79 Å². The lowest BCUT2D eigenvalue weighted by molar-refractivity contribution is 0.186. The van der Waals surface area contributed by atoms with Gasteiger partial charge in [0, 0.05) is 25.8 Å². The van der Waals surface area contributed by atoms with Crippen LogP contribution in [0.25, 0.3) is 11.2 Å². The number of benzene rings is 1. The van der Waals surface area contributed by atoms with Crippen molar-refractivity contribution in [3.63, 3.8) is 0 Å². The number of aryl methyl sites for hydroxylation is 2. The summed E-state index contributed by atoms with van der Waals surface area (Å²) in [7, 11) is 1.75. The number of anilines is 2. The van der Waals surface area contributed by atoms with Crippen LogP contribution in [0.4, 0.5) is 11.6 Å². The first-order chi connectivity index (χ1) is 13.1. The molecule has 2 aromatic heterocycles. The molecule has 2 aliphatic heterocycles. The van der Waals surface area contributed by atoms with Crippen molar-refractivity contribution in [2.24, 2.45) is 7.05 Å². The van der Waals surface area contributed by atoms with Gasteiger partial charge in [0.1, 0.15) is 11.3 Å². The van der Waals surface area contributed by atoms with Gasteiger partial charge in [0.25, 0.3) is 0 Å². The summed E-state index contributed by atoms with van der Waals surface area (Å²) in [5.74, 6) is 1.43. The molecule has 1 fully saturated rings. The molecule has 1 atom stereocenters. The second-order valence-electron chi connectivity index (χ2n) is 7.13. The van der Waals surface area contributed by atoms with E-state index in [1.54, 1.807) is 22.4 Å². The summed E-state index contributed by atoms with van der Waals surface area (Å²) in [5, 5.41) is 3.31. The molecule has 0 unspecified atom stereocenters. The van der Waals surface area contributed by atoms with E-state index < -0.39 is 0 Å². The van der Waals surface area contributed by atoms with Crippen molar-refractivity contribution in [1.29, 1.82) is 0 Å². The summed E-state index contributed by atoms with van der Waals surface area (Å²) in [6.07, 6.45) is 3.42. The van der Waals surface area contributed by atoms with Gasteiger partial charge in [0.15, 0.2) is 5.65 Å². The molecule has 0 radical (unpaired) electrons. The average Bonchev–Trinajstić information content (AvgIpc) is 3.37. The van der Waals surface area contributed by atoms with Gasteiger partial charge in [-0.1, -0.05) is 0 Å². The van der Waals surface area contributed by atoms with Crippen LogP contribution in [-0.4, -0.2) is 38.9 Å². The van der Waals surface area contributed by atoms with Gasteiger partial charge in [-0.25, -0.2) is 9.78 Å². The zero-order valence-corrected chi connectivity index (χ0v) is 15.4. The van der Waals surface area contributed by atoms with Crippen molar-refractivity contribution in [3.05, 3.63) is 39.9 Å². The lowest BCUT2D eigenvalue weighted by Crippen LogP contribution is -2.26. The minimum absolute atomic E-state index is 0.0165. The lowest BCUT2D eigenvalue weighted by Gasteiger charge is -2.12. The molecule has 0 amide bonds. The number of ether oxygens (including phenoxy) is 2. The Kier molecular flexibility index (Phi) is 3.68. The Bertz CT molecular complexity index is 1090. The first kappa shape index (κ1) is 16.3. The quantitative estimate of drug-likeness (QED) is 0.763. The number of nitrogens with one attached hydrogen (secondary N) is 1. The van der Waals surface area contributed by atoms with Gasteiger partial charge >= 0.3 is 5.69 Å². The third-order valence-corrected chi connectivity index (χ3v) is 5.39. The van der Waals surface area contributed by atoms with E-state index in [1.165, 1.54) is 5.56 Å². The van der Waals surface area contributed by atoms with Gasteiger partial charge in [-0.2, -0.15) is 4.98 Å². The molecule has 1 saturated heterocycles. The Morgan fingerprint density at radius 3 is 3.00 bits per heavy atom. The molecule has 4 heterocycles. The SMILES string of the molecule is Cc1cc2c(cc1Nc1ncc3c(n1)n([C@H]1CCOC1)c(=O)n3C)CCO2. The summed E-state index contributed by atoms with van der Waals surface area (Å²) in [4.78, 5) is 21.8. The largest absolute Gasteiger partial charge is 0.493 e. The fraction of sp³-hybridized carbons (Fsp3) is 0.421. The standard InChI is InChI=1S/C19H21N5O3/c1-11-7-16-12(3-6-27-16)8-14(11)21-18-20-9-15-17(22-18)24(19(25)23(15)2)13-4-5-26-10-13/h7-9,13H,3-6,10H2,1-2H3,(H,20,21,22)/t13-/m0/s1. The van der Waals surface area contributed by atoms with E-state index in [2.05, 4.69) is 21.4 Å². The van der Waals surface area contributed by atoms with Gasteiger partial charge in [-0.05, 0) is 36.6 Å². The maximum Gasteiger partial charge on any atom is 0.330 e. The second kappa shape index (κ2) is 6.09. The van der Waals surface area contributed by atoms with Crippen LogP contribution in [-0.2, 0) is 18.2 Å². The molecular formula is C19H21N5O3. The highest BCUT2D eigenvalue weighted by atomic mass is 16.5. The summed E-state index contributed by atoms with van der Waals surface area (Å²) in [5.41, 5.74) is 4.47. The molecule has 27 heavy (non-hydrogen) atoms. The third-order valence-electron chi connectivity index (χ3n) is 5.39. The maximum atomic E-state index is 12.7. The predicted octanol–water partition coefficient (Wildman–Crippen LogP) is 2.08. The van der Waals surface area contributed by atoms with Crippen LogP contribution in [0.1, 0.15) is 23.6 Å². The smallest absolute Gasteiger partial charge is 0.330 e. The highest BCUT2D eigenvalue weighted by molar-refractivity contribution is 5.73. The van der Waals surface area contributed by atoms with Crippen LogP contribution in [0.15, 0.2) is 23.1 Å². The van der Waals surface area contributed by atoms with Gasteiger partial charge in [-0.15, -0.1) is 0 Å². The van der Waals surface area contributed by atoms with E-state index in [0.717, 1.165) is 42.0 Å². The number of hydrogen-bond donors (Lipinski definition) is 1. The molecule has 140 valence electrons. The topological polar surface area (TPSA) is 83.2 Å². The molecule has 0 bridgehead atoms. The molecule has 8 heteroatoms. The molecule has 8 nitrogen and oxygen atoms in total. The van der Waals surface area contributed by atoms with E-state index in [1.807, 2.05) is 13.0 Å². The Morgan fingerprint density at radius 2 is 2.19 bits per heavy atom. The molecule has 1 N–H and O–H groups in total. The van der Waals surface area contributed by atoms with Crippen LogP contribution >= 0.6 is 0 Å². The van der Waals surface area contributed by atoms with Gasteiger partial charge in [0.2, 0.25) is 5.95 Å². The fourth-order valence-electron chi connectivity index (χ4n) is 3.83. The molecule has 3 aromatic rings. The Hall–Kier alpha value is -2.87. The normalized spacial score (nSPS) is 18.7. The molecule has 0 aliphatic carbocycles. The van der Waals surface area contributed by atoms with Gasteiger partial charge in [-0.3, -0.25) is 9.13 Å². The number of fused-ring (bicyclic) bond motifs is 2. The van der Waals surface area contributed by atoms with Crippen molar-refractivity contribution >= 4 is 22.8 Å². The van der Waals surface area contributed by atoms with E-state index in [4.69, 9.17) is 9.47 Å². The van der Waals surface area contributed by atoms with Crippen LogP contribution in [0, 0.1) is 6.92 Å². The number of hydrogen-bond acceptors (Lipinski definition) is 6. The Labute approximate surface area is 155 Å². The van der Waals surface area contributed by atoms with Crippen LogP contribution < -0.4 is 15.7 Å². The van der Waals surface area contributed by atoms with E-state index in [0.29, 0.717) is 24.8 Å². The van der Waals surface area contributed by atoms with Crippen LogP contribution in [0.5, 0.6) is 5.75 Å². The Balaban J connectivity index is 1.57. The van der Waals surface area contributed by atoms with Crippen molar-refractivity contribution in [2.45, 2.75) is 25.8 Å². The van der Waals surface area contributed by atoms with Crippen LogP contribution in [0.2, 0.25) is 0 Å². The zero-order chi connectivity index (χ0) is 18.5. The zero-order valence-electron chi connectivity index (χ0n) is 15.4. The monoisotopic (exact) mass is 367 g/mol. The molecule has 0 spiro atoms. The molecule has 0 saturated carbocycles. The van der Waals surface area contributed by atoms with E-state index in [-0.39, 0.29) is 11.7 Å². The first-order valence-electron chi connectivity index (χ1n) is 9.17. The maximum absolute atomic E-state index is 12.7. The molecular weight excluding hydrogens is 346 g/mol. The summed E-state index contributed by atoms with van der Waals surface area (Å²) < 4.78 is 14.4. The Morgan fingerprint density at radius 1 is 1.30 bits per heavy atom. The molecule has 2 aliphatic rings. The second-order valence-corrected chi connectivity index (χ2v) is 7.13. The first-order valence-corrected chi connectivity index (χ1v) is 9.17. The van der Waals surface area contributed by atoms with Crippen molar-refractivity contribution in [1.82, 2.24) is 19.1 Å². The molecule has 5 rings (SSSR count). The third kappa shape index (κ3) is 2.59. The fourth-order valence-corrected chi connectivity index (χ4v) is 3.83. The number of imidazole rings is 1. The minimum atomic E-state index is -0.0854. The lowest BCUT2D eigenvalue weighted by atomic mass is 10.1. The summed E-state index contributed by atoms with van der Waals surface area (Å²) >= 11 is 0. The van der Waals surface area contributed by atoms with E-state index >= 15 is 0 Å². The summed E-state index contributed by atoms with van der Waals surface area (Å²) in [6, 6.07) is 4.15. The molecule has 1 aromatic carbocycles. The highest BCUT2D eigenvalue weighted by Gasteiger charge is 2.24. The summed E-state index contributed by atoms with van der Waals surface area (Å²) in [6.45, 7) is 3.95. The number of aromatic nitrogens is 4. The number of rotatable bonds is 3. The number of nitrogens with zero attached hydrogens (tertiary/aromatic N) is 4. The highest BCUT2D eigenvalue weighted by Crippen LogP contribution is 2.32. The van der Waals surface area contributed by atoms with Gasteiger partial charge in [0.05, 0.1) is 25.5 Å². The minimum Gasteiger partial charge on any atom is -0.493 e. The van der Waals surface area contributed by atoms with Gasteiger partial charge < -0.3 is 14.8 Å². The van der Waals surface area contributed by atoms with Crippen molar-refractivity contribution in [3.8, 4) is 5.75 Å². The van der Waals surface area contributed by atoms with Crippen LogP contribution in [0.3, 0.4) is 0 Å². The van der Waals surface area contributed by atoms with Crippen molar-refractivity contribution in [2.75, 3.05) is 25.1 Å². The predicted molar refractivity (Wildman–Crippen MR) is 101 cm³/mol. The van der Waals surface area contributed by atoms with Crippen molar-refractivity contribution < 1.29 is 9.47 Å².